The van der Waals surface area contributed by atoms with Crippen molar-refractivity contribution in [3.8, 4) is 0 Å². The van der Waals surface area contributed by atoms with E-state index in [1.54, 1.807) is 0 Å². The largest absolute Gasteiger partial charge is 0.466 e. The van der Waals surface area contributed by atoms with Gasteiger partial charge in [0.2, 0.25) is 0 Å². The molecule has 2 heteroatoms. The molecule has 3 aliphatic rings. The van der Waals surface area contributed by atoms with Crippen LogP contribution in [-0.2, 0) is 9.53 Å². The van der Waals surface area contributed by atoms with E-state index in [0.29, 0.717) is 0 Å². The van der Waals surface area contributed by atoms with Crippen LogP contribution in [0.25, 0.3) is 0 Å². The van der Waals surface area contributed by atoms with Crippen LogP contribution in [-0.4, -0.2) is 13.1 Å². The smallest absolute Gasteiger partial charge is 0.334 e. The number of hydrogen-bond acceptors (Lipinski definition) is 2. The molecule has 70 valence electrons. The first kappa shape index (κ1) is 7.80. The molecule has 0 aromatic carbocycles. The Labute approximate surface area is 82.3 Å². The quantitative estimate of drug-likeness (QED) is 0.461. The van der Waals surface area contributed by atoms with Crippen molar-refractivity contribution in [3.63, 3.8) is 0 Å². The molecular weight excluding hydrogens is 176 g/mol. The molecule has 0 aliphatic heterocycles. The maximum Gasteiger partial charge on any atom is 0.334 e. The lowest BCUT2D eigenvalue weighted by atomic mass is 9.43. The number of ether oxygens (including phenoxy) is 1. The van der Waals surface area contributed by atoms with E-state index in [4.69, 9.17) is 4.74 Å². The van der Waals surface area contributed by atoms with Crippen molar-refractivity contribution in [1.29, 1.82) is 0 Å². The molecule has 3 rings (SSSR count). The van der Waals surface area contributed by atoms with Gasteiger partial charge >= 0.3 is 5.97 Å². The summed E-state index contributed by atoms with van der Waals surface area (Å²) in [5, 5.41) is 0. The molecule has 0 aromatic rings. The van der Waals surface area contributed by atoms with E-state index in [-0.39, 0.29) is 16.8 Å². The van der Waals surface area contributed by atoms with Crippen LogP contribution in [0.4, 0.5) is 0 Å². The Bertz CT molecular complexity index is 439. The van der Waals surface area contributed by atoms with E-state index in [1.807, 2.05) is 18.2 Å². The van der Waals surface area contributed by atoms with Crippen molar-refractivity contribution >= 4 is 5.97 Å². The van der Waals surface area contributed by atoms with Gasteiger partial charge in [-0.05, 0) is 0 Å². The summed E-state index contributed by atoms with van der Waals surface area (Å²) in [6.07, 6.45) is 14.4. The fourth-order valence-corrected chi connectivity index (χ4v) is 2.52. The minimum atomic E-state index is -0.218. The minimum Gasteiger partial charge on any atom is -0.466 e. The van der Waals surface area contributed by atoms with Gasteiger partial charge in [0.05, 0.1) is 12.5 Å². The number of esters is 1. The molecule has 14 heavy (non-hydrogen) atoms. The van der Waals surface area contributed by atoms with Crippen LogP contribution in [0.1, 0.15) is 0 Å². The zero-order chi connectivity index (χ0) is 9.81. The van der Waals surface area contributed by atoms with E-state index < -0.39 is 0 Å². The van der Waals surface area contributed by atoms with Gasteiger partial charge < -0.3 is 4.74 Å². The zero-order valence-electron chi connectivity index (χ0n) is 7.86. The van der Waals surface area contributed by atoms with Crippen molar-refractivity contribution < 1.29 is 9.53 Å². The Hall–Kier alpha value is -1.57. The van der Waals surface area contributed by atoms with Crippen LogP contribution in [0.2, 0.25) is 0 Å². The van der Waals surface area contributed by atoms with Gasteiger partial charge in [0.15, 0.2) is 0 Å². The molecule has 2 unspecified atom stereocenters. The Morgan fingerprint density at radius 2 is 2.00 bits per heavy atom. The molecule has 3 aliphatic carbocycles. The summed E-state index contributed by atoms with van der Waals surface area (Å²) in [6, 6.07) is 0. The van der Waals surface area contributed by atoms with Crippen molar-refractivity contribution in [1.82, 2.24) is 0 Å². The Kier molecular flexibility index (Phi) is 1.16. The number of methoxy groups -OCH3 is 1. The highest BCUT2D eigenvalue weighted by Crippen LogP contribution is 2.66. The predicted octanol–water partition coefficient (Wildman–Crippen LogP) is 1.77. The van der Waals surface area contributed by atoms with Crippen molar-refractivity contribution in [3.05, 3.63) is 48.1 Å². The predicted molar refractivity (Wildman–Crippen MR) is 52.4 cm³/mol. The molecule has 0 saturated carbocycles. The summed E-state index contributed by atoms with van der Waals surface area (Å²) >= 11 is 0. The highest BCUT2D eigenvalue weighted by atomic mass is 16.5. The normalized spacial score (nSPS) is 40.2. The highest BCUT2D eigenvalue weighted by Gasteiger charge is 2.62. The monoisotopic (exact) mass is 186 g/mol. The van der Waals surface area contributed by atoms with Gasteiger partial charge in [-0.1, -0.05) is 42.5 Å². The number of rotatable bonds is 1. The molecule has 0 fully saturated rings. The van der Waals surface area contributed by atoms with Crippen molar-refractivity contribution in [2.24, 2.45) is 10.8 Å². The molecular formula is C12H10O2. The van der Waals surface area contributed by atoms with Crippen LogP contribution in [0.15, 0.2) is 48.1 Å². The molecule has 0 bridgehead atoms. The van der Waals surface area contributed by atoms with E-state index >= 15 is 0 Å². The molecule has 0 saturated heterocycles. The van der Waals surface area contributed by atoms with Crippen LogP contribution in [0.5, 0.6) is 0 Å². The minimum absolute atomic E-state index is 0.0225. The van der Waals surface area contributed by atoms with E-state index in [0.717, 1.165) is 5.57 Å². The molecule has 2 nitrogen and oxygen atoms in total. The lowest BCUT2D eigenvalue weighted by Gasteiger charge is -2.58. The van der Waals surface area contributed by atoms with E-state index in [9.17, 15) is 4.79 Å². The van der Waals surface area contributed by atoms with Gasteiger partial charge in [0.25, 0.3) is 0 Å². The highest BCUT2D eigenvalue weighted by molar-refractivity contribution is 5.96. The zero-order valence-corrected chi connectivity index (χ0v) is 7.86. The van der Waals surface area contributed by atoms with E-state index in [1.165, 1.54) is 7.11 Å². The molecule has 0 radical (unpaired) electrons. The summed E-state index contributed by atoms with van der Waals surface area (Å²) in [6.45, 7) is 0. The van der Waals surface area contributed by atoms with Crippen molar-refractivity contribution in [2.45, 2.75) is 0 Å². The second-order valence-corrected chi connectivity index (χ2v) is 3.90. The van der Waals surface area contributed by atoms with Crippen LogP contribution in [0.3, 0.4) is 0 Å². The summed E-state index contributed by atoms with van der Waals surface area (Å²) < 4.78 is 4.75. The number of carbonyl (C=O) groups excluding carboxylic acids is 1. The summed E-state index contributed by atoms with van der Waals surface area (Å²) in [5.74, 6) is -0.218. The fraction of sp³-hybridized carbons (Fsp3) is 0.250. The molecule has 0 N–H and O–H groups in total. The van der Waals surface area contributed by atoms with Gasteiger partial charge in [0.1, 0.15) is 0 Å². The topological polar surface area (TPSA) is 26.3 Å². The Balaban J connectivity index is 2.09. The van der Waals surface area contributed by atoms with Crippen LogP contribution < -0.4 is 0 Å². The lowest BCUT2D eigenvalue weighted by molar-refractivity contribution is -0.138. The Morgan fingerprint density at radius 3 is 2.57 bits per heavy atom. The third-order valence-electron chi connectivity index (χ3n) is 3.41. The third-order valence-corrected chi connectivity index (χ3v) is 3.41. The third kappa shape index (κ3) is 0.567. The lowest BCUT2D eigenvalue weighted by Crippen LogP contribution is -2.53. The van der Waals surface area contributed by atoms with Gasteiger partial charge in [0, 0.05) is 11.0 Å². The van der Waals surface area contributed by atoms with E-state index in [2.05, 4.69) is 24.3 Å². The maximum atomic E-state index is 11.4. The molecule has 0 amide bonds. The molecule has 0 aromatic heterocycles. The van der Waals surface area contributed by atoms with Gasteiger partial charge in [-0.15, -0.1) is 0 Å². The molecule has 0 heterocycles. The fourth-order valence-electron chi connectivity index (χ4n) is 2.52. The summed E-state index contributed by atoms with van der Waals surface area (Å²) in [7, 11) is 1.42. The second kappa shape index (κ2) is 2.08. The van der Waals surface area contributed by atoms with Gasteiger partial charge in [-0.2, -0.15) is 0 Å². The Morgan fingerprint density at radius 1 is 1.21 bits per heavy atom. The first-order chi connectivity index (χ1) is 6.74. The SMILES string of the molecule is COC(=O)C1=CC23C=CC=CC12C=C3. The first-order valence-corrected chi connectivity index (χ1v) is 4.63. The summed E-state index contributed by atoms with van der Waals surface area (Å²) in [5.41, 5.74) is 0.559. The van der Waals surface area contributed by atoms with Crippen LogP contribution >= 0.6 is 0 Å². The van der Waals surface area contributed by atoms with Crippen molar-refractivity contribution in [2.75, 3.05) is 7.11 Å². The summed E-state index contributed by atoms with van der Waals surface area (Å²) in [4.78, 5) is 11.4. The standard InChI is InChI=1S/C12H10O2/c1-14-10(13)9-8-11-4-2-3-5-12(9,11)7-6-11/h2-8H,1H3. The number of hydrogen-bond donors (Lipinski definition) is 0. The number of carbonyl (C=O) groups is 1. The maximum absolute atomic E-state index is 11.4. The first-order valence-electron chi connectivity index (χ1n) is 4.63. The number of allylic oxidation sites excluding steroid dienone is 7. The molecule has 0 spiro atoms. The van der Waals surface area contributed by atoms with Crippen LogP contribution in [0, 0.1) is 10.8 Å². The van der Waals surface area contributed by atoms with Gasteiger partial charge in [-0.25, -0.2) is 4.79 Å². The molecule has 2 atom stereocenters. The average Bonchev–Trinajstić information content (AvgIpc) is 2.15. The van der Waals surface area contributed by atoms with Gasteiger partial charge in [-0.3, -0.25) is 0 Å². The average molecular weight is 186 g/mol. The second-order valence-electron chi connectivity index (χ2n) is 3.90.